The van der Waals surface area contributed by atoms with E-state index in [0.717, 1.165) is 11.1 Å². The zero-order chi connectivity index (χ0) is 16.5. The van der Waals surface area contributed by atoms with Gasteiger partial charge in [-0.05, 0) is 23.6 Å². The highest BCUT2D eigenvalue weighted by atomic mass is 32.2. The van der Waals surface area contributed by atoms with E-state index in [4.69, 9.17) is 5.11 Å². The third-order valence-electron chi connectivity index (χ3n) is 3.36. The molecule has 0 amide bonds. The van der Waals surface area contributed by atoms with Gasteiger partial charge < -0.3 is 5.11 Å². The summed E-state index contributed by atoms with van der Waals surface area (Å²) in [6.45, 7) is 0.540. The Morgan fingerprint density at radius 3 is 2.17 bits per heavy atom. The summed E-state index contributed by atoms with van der Waals surface area (Å²) in [5.74, 6) is 0. The molecule has 0 unspecified atom stereocenters. The second kappa shape index (κ2) is 8.62. The van der Waals surface area contributed by atoms with E-state index >= 15 is 0 Å². The monoisotopic (exact) mass is 331 g/mol. The lowest BCUT2D eigenvalue weighted by Crippen LogP contribution is -2.30. The molecule has 2 aromatic carbocycles. The van der Waals surface area contributed by atoms with Crippen LogP contribution >= 0.6 is 0 Å². The third-order valence-corrected chi connectivity index (χ3v) is 4.87. The van der Waals surface area contributed by atoms with E-state index in [-0.39, 0.29) is 13.2 Å². The van der Waals surface area contributed by atoms with E-state index < -0.39 is 10.0 Å². The molecule has 0 heterocycles. The average Bonchev–Trinajstić information content (AvgIpc) is 2.58. The second-order valence-electron chi connectivity index (χ2n) is 5.15. The van der Waals surface area contributed by atoms with Crippen molar-refractivity contribution in [1.82, 2.24) is 4.31 Å². The van der Waals surface area contributed by atoms with Crippen LogP contribution in [-0.4, -0.2) is 31.0 Å². The number of aliphatic hydroxyl groups is 1. The molecule has 0 atom stereocenters. The first-order valence-electron chi connectivity index (χ1n) is 7.50. The van der Waals surface area contributed by atoms with E-state index in [0.29, 0.717) is 13.0 Å². The predicted molar refractivity (Wildman–Crippen MR) is 93.0 cm³/mol. The summed E-state index contributed by atoms with van der Waals surface area (Å²) in [5.41, 5.74) is 1.75. The molecular weight excluding hydrogens is 310 g/mol. The number of hydrogen-bond acceptors (Lipinski definition) is 3. The molecule has 0 aliphatic heterocycles. The minimum Gasteiger partial charge on any atom is -0.396 e. The summed E-state index contributed by atoms with van der Waals surface area (Å²) in [7, 11) is -3.55. The van der Waals surface area contributed by atoms with Crippen LogP contribution < -0.4 is 0 Å². The Hall–Kier alpha value is -1.95. The fourth-order valence-corrected chi connectivity index (χ4v) is 3.36. The lowest BCUT2D eigenvalue weighted by molar-refractivity contribution is 0.268. The van der Waals surface area contributed by atoms with Crippen LogP contribution in [0.2, 0.25) is 0 Å². The molecule has 2 aromatic rings. The molecule has 122 valence electrons. The minimum absolute atomic E-state index is 0.0385. The number of benzene rings is 2. The molecule has 23 heavy (non-hydrogen) atoms. The van der Waals surface area contributed by atoms with Crippen molar-refractivity contribution >= 4 is 16.1 Å². The van der Waals surface area contributed by atoms with Crippen LogP contribution in [0.25, 0.3) is 6.08 Å². The summed E-state index contributed by atoms with van der Waals surface area (Å²) in [4.78, 5) is 0. The van der Waals surface area contributed by atoms with E-state index in [9.17, 15) is 8.42 Å². The molecule has 4 nitrogen and oxygen atoms in total. The maximum Gasteiger partial charge on any atom is 0.236 e. The van der Waals surface area contributed by atoms with Gasteiger partial charge in [0.15, 0.2) is 0 Å². The highest BCUT2D eigenvalue weighted by molar-refractivity contribution is 7.92. The molecule has 0 aliphatic rings. The third kappa shape index (κ3) is 5.63. The summed E-state index contributed by atoms with van der Waals surface area (Å²) in [6.07, 6.45) is 2.00. The summed E-state index contributed by atoms with van der Waals surface area (Å²) in [6, 6.07) is 18.7. The fraction of sp³-hybridized carbons (Fsp3) is 0.222. The van der Waals surface area contributed by atoms with E-state index in [2.05, 4.69) is 0 Å². The SMILES string of the molecule is O=S(=O)(/C=C/c1ccccc1)N(CCCO)Cc1ccccc1. The summed E-state index contributed by atoms with van der Waals surface area (Å²) >= 11 is 0. The fourth-order valence-electron chi connectivity index (χ4n) is 2.15. The van der Waals surface area contributed by atoms with Gasteiger partial charge >= 0.3 is 0 Å². The topological polar surface area (TPSA) is 57.6 Å². The Morgan fingerprint density at radius 1 is 0.957 bits per heavy atom. The number of sulfonamides is 1. The van der Waals surface area contributed by atoms with Crippen molar-refractivity contribution in [2.75, 3.05) is 13.2 Å². The Bertz CT molecular complexity index is 712. The van der Waals surface area contributed by atoms with Gasteiger partial charge in [0.1, 0.15) is 0 Å². The average molecular weight is 331 g/mol. The standard InChI is InChI=1S/C18H21NO3S/c20-14-7-13-19(16-18-10-5-2-6-11-18)23(21,22)15-12-17-8-3-1-4-9-17/h1-6,8-12,15,20H,7,13-14,16H2/b15-12+. The van der Waals surface area contributed by atoms with Gasteiger partial charge in [0.2, 0.25) is 10.0 Å². The maximum atomic E-state index is 12.6. The highest BCUT2D eigenvalue weighted by Crippen LogP contribution is 2.13. The van der Waals surface area contributed by atoms with Crippen molar-refractivity contribution in [1.29, 1.82) is 0 Å². The Morgan fingerprint density at radius 2 is 1.57 bits per heavy atom. The van der Waals surface area contributed by atoms with E-state index in [1.165, 1.54) is 9.71 Å². The predicted octanol–water partition coefficient (Wildman–Crippen LogP) is 2.87. The Kier molecular flexibility index (Phi) is 6.52. The molecule has 5 heteroatoms. The van der Waals surface area contributed by atoms with Crippen LogP contribution in [0.5, 0.6) is 0 Å². The van der Waals surface area contributed by atoms with Crippen LogP contribution in [0, 0.1) is 0 Å². The highest BCUT2D eigenvalue weighted by Gasteiger charge is 2.18. The summed E-state index contributed by atoms with van der Waals surface area (Å²) in [5, 5.41) is 10.2. The Balaban J connectivity index is 2.17. The largest absolute Gasteiger partial charge is 0.396 e. The van der Waals surface area contributed by atoms with Crippen molar-refractivity contribution in [3.05, 3.63) is 77.2 Å². The molecule has 0 saturated carbocycles. The molecule has 0 aliphatic carbocycles. The van der Waals surface area contributed by atoms with E-state index in [1.54, 1.807) is 6.08 Å². The van der Waals surface area contributed by atoms with Crippen LogP contribution in [0.3, 0.4) is 0 Å². The van der Waals surface area contributed by atoms with E-state index in [1.807, 2.05) is 60.7 Å². The number of aliphatic hydroxyl groups excluding tert-OH is 1. The first kappa shape index (κ1) is 17.4. The van der Waals surface area contributed by atoms with Crippen LogP contribution in [-0.2, 0) is 16.6 Å². The van der Waals surface area contributed by atoms with Crippen molar-refractivity contribution in [3.8, 4) is 0 Å². The van der Waals surface area contributed by atoms with Crippen LogP contribution in [0.4, 0.5) is 0 Å². The molecule has 0 aromatic heterocycles. The Labute approximate surface area is 137 Å². The van der Waals surface area contributed by atoms with Gasteiger partial charge in [-0.1, -0.05) is 60.7 Å². The molecule has 1 N–H and O–H groups in total. The molecule has 0 saturated heterocycles. The minimum atomic E-state index is -3.55. The number of hydrogen-bond donors (Lipinski definition) is 1. The van der Waals surface area contributed by atoms with Crippen molar-refractivity contribution in [2.45, 2.75) is 13.0 Å². The van der Waals surface area contributed by atoms with Gasteiger partial charge in [-0.25, -0.2) is 8.42 Å². The number of nitrogens with zero attached hydrogens (tertiary/aromatic N) is 1. The first-order valence-corrected chi connectivity index (χ1v) is 9.00. The maximum absolute atomic E-state index is 12.6. The van der Waals surface area contributed by atoms with Gasteiger partial charge in [-0.2, -0.15) is 4.31 Å². The lowest BCUT2D eigenvalue weighted by Gasteiger charge is -2.20. The smallest absolute Gasteiger partial charge is 0.236 e. The molecular formula is C18H21NO3S. The first-order chi connectivity index (χ1) is 11.1. The molecule has 0 radical (unpaired) electrons. The zero-order valence-corrected chi connectivity index (χ0v) is 13.7. The summed E-state index contributed by atoms with van der Waals surface area (Å²) < 4.78 is 26.5. The van der Waals surface area contributed by atoms with Crippen molar-refractivity contribution in [2.24, 2.45) is 0 Å². The van der Waals surface area contributed by atoms with Crippen LogP contribution in [0.1, 0.15) is 17.5 Å². The van der Waals surface area contributed by atoms with Gasteiger partial charge in [0, 0.05) is 25.1 Å². The lowest BCUT2D eigenvalue weighted by atomic mass is 10.2. The van der Waals surface area contributed by atoms with Crippen LogP contribution in [0.15, 0.2) is 66.1 Å². The van der Waals surface area contributed by atoms with Crippen molar-refractivity contribution in [3.63, 3.8) is 0 Å². The van der Waals surface area contributed by atoms with Gasteiger partial charge in [0.05, 0.1) is 0 Å². The molecule has 0 fully saturated rings. The quantitative estimate of drug-likeness (QED) is 0.809. The normalized spacial score (nSPS) is 12.1. The van der Waals surface area contributed by atoms with Gasteiger partial charge in [0.25, 0.3) is 0 Å². The second-order valence-corrected chi connectivity index (χ2v) is 6.97. The molecule has 0 bridgehead atoms. The zero-order valence-electron chi connectivity index (χ0n) is 12.9. The number of rotatable bonds is 8. The van der Waals surface area contributed by atoms with Gasteiger partial charge in [-0.3, -0.25) is 0 Å². The van der Waals surface area contributed by atoms with Crippen molar-refractivity contribution < 1.29 is 13.5 Å². The van der Waals surface area contributed by atoms with Gasteiger partial charge in [-0.15, -0.1) is 0 Å². The molecule has 0 spiro atoms. The molecule has 2 rings (SSSR count).